The first kappa shape index (κ1) is 12.9. The molecule has 0 aliphatic carbocycles. The Hall–Kier alpha value is -1.59. The Bertz CT molecular complexity index is 517. The zero-order valence-corrected chi connectivity index (χ0v) is 11.3. The van der Waals surface area contributed by atoms with Gasteiger partial charge in [0.1, 0.15) is 10.8 Å². The number of hydrogen-bond acceptors (Lipinski definition) is 5. The first-order chi connectivity index (χ1) is 8.47. The van der Waals surface area contributed by atoms with Gasteiger partial charge in [0.25, 0.3) is 0 Å². The molecule has 18 heavy (non-hydrogen) atoms. The van der Waals surface area contributed by atoms with E-state index in [0.717, 1.165) is 16.1 Å². The van der Waals surface area contributed by atoms with Crippen molar-refractivity contribution in [2.45, 2.75) is 19.4 Å². The third-order valence-corrected chi connectivity index (χ3v) is 3.28. The van der Waals surface area contributed by atoms with Crippen molar-refractivity contribution < 1.29 is 5.11 Å². The number of aromatic nitrogens is 1. The molecule has 0 atom stereocenters. The highest BCUT2D eigenvalue weighted by Crippen LogP contribution is 2.36. The van der Waals surface area contributed by atoms with Gasteiger partial charge in [-0.05, 0) is 30.9 Å². The van der Waals surface area contributed by atoms with Gasteiger partial charge in [-0.25, -0.2) is 0 Å². The number of nitrogens with zero attached hydrogens (tertiary/aromatic N) is 1. The van der Waals surface area contributed by atoms with Crippen LogP contribution in [0.5, 0.6) is 0 Å². The van der Waals surface area contributed by atoms with E-state index in [1.54, 1.807) is 13.8 Å². The molecule has 0 unspecified atom stereocenters. The third kappa shape index (κ3) is 3.00. The summed E-state index contributed by atoms with van der Waals surface area (Å²) >= 11 is 1.31. The Morgan fingerprint density at radius 2 is 2.00 bits per heavy atom. The number of anilines is 2. The molecule has 0 saturated carbocycles. The molecule has 5 heteroatoms. The van der Waals surface area contributed by atoms with Gasteiger partial charge in [0.2, 0.25) is 0 Å². The molecule has 0 radical (unpaired) electrons. The minimum absolute atomic E-state index is 0.453. The van der Waals surface area contributed by atoms with Crippen LogP contribution in [0.15, 0.2) is 30.3 Å². The molecular weight excluding hydrogens is 246 g/mol. The summed E-state index contributed by atoms with van der Waals surface area (Å²) in [6, 6.07) is 9.88. The van der Waals surface area contributed by atoms with Crippen molar-refractivity contribution in [2.75, 3.05) is 17.6 Å². The quantitative estimate of drug-likeness (QED) is 0.793. The summed E-state index contributed by atoms with van der Waals surface area (Å²) < 4.78 is 4.17. The Morgan fingerprint density at radius 3 is 2.61 bits per heavy atom. The van der Waals surface area contributed by atoms with Crippen molar-refractivity contribution in [3.05, 3.63) is 30.3 Å². The van der Waals surface area contributed by atoms with Gasteiger partial charge in [0.15, 0.2) is 0 Å². The number of nitrogens with one attached hydrogen (secondary N) is 1. The fraction of sp³-hybridized carbons (Fsp3) is 0.308. The van der Waals surface area contributed by atoms with Crippen molar-refractivity contribution >= 4 is 22.4 Å². The molecular formula is C13H17N3OS. The number of benzene rings is 1. The summed E-state index contributed by atoms with van der Waals surface area (Å²) in [7, 11) is 0. The maximum Gasteiger partial charge on any atom is 0.147 e. The second kappa shape index (κ2) is 4.96. The van der Waals surface area contributed by atoms with E-state index in [1.807, 2.05) is 30.3 Å². The van der Waals surface area contributed by atoms with Crippen molar-refractivity contribution in [3.63, 3.8) is 0 Å². The minimum Gasteiger partial charge on any atom is -0.389 e. The van der Waals surface area contributed by atoms with Crippen molar-refractivity contribution in [2.24, 2.45) is 0 Å². The summed E-state index contributed by atoms with van der Waals surface area (Å²) in [5, 5.41) is 13.8. The smallest absolute Gasteiger partial charge is 0.147 e. The third-order valence-electron chi connectivity index (χ3n) is 2.46. The van der Waals surface area contributed by atoms with Gasteiger partial charge in [0, 0.05) is 6.54 Å². The number of aliphatic hydroxyl groups is 1. The van der Waals surface area contributed by atoms with E-state index >= 15 is 0 Å². The number of nitrogens with two attached hydrogens (primary N) is 1. The van der Waals surface area contributed by atoms with E-state index in [0.29, 0.717) is 12.4 Å². The van der Waals surface area contributed by atoms with Crippen LogP contribution >= 0.6 is 11.5 Å². The number of nitrogen functional groups attached to an aromatic ring is 1. The molecule has 0 saturated heterocycles. The first-order valence-electron chi connectivity index (χ1n) is 5.74. The van der Waals surface area contributed by atoms with Gasteiger partial charge in [-0.1, -0.05) is 30.3 Å². The van der Waals surface area contributed by atoms with Gasteiger partial charge >= 0.3 is 0 Å². The maximum absolute atomic E-state index is 9.74. The van der Waals surface area contributed by atoms with Crippen LogP contribution in [0, 0.1) is 0 Å². The Morgan fingerprint density at radius 1 is 1.33 bits per heavy atom. The lowest BCUT2D eigenvalue weighted by atomic mass is 10.1. The number of rotatable bonds is 4. The van der Waals surface area contributed by atoms with Crippen LogP contribution < -0.4 is 11.1 Å². The average molecular weight is 263 g/mol. The molecule has 1 heterocycles. The summed E-state index contributed by atoms with van der Waals surface area (Å²) in [5.74, 6) is 0.518. The normalized spacial score (nSPS) is 11.5. The largest absolute Gasteiger partial charge is 0.389 e. The predicted molar refractivity (Wildman–Crippen MR) is 76.7 cm³/mol. The second-order valence-corrected chi connectivity index (χ2v) is 5.58. The van der Waals surface area contributed by atoms with Crippen LogP contribution in [0.25, 0.3) is 11.1 Å². The standard InChI is InChI=1S/C13H17N3OS/c1-13(2,17)8-15-12-10(11(14)16-18-12)9-6-4-3-5-7-9/h3-7,15,17H,8H2,1-2H3,(H2,14,16). The second-order valence-electron chi connectivity index (χ2n) is 4.80. The molecule has 4 N–H and O–H groups in total. The zero-order valence-electron chi connectivity index (χ0n) is 10.5. The Balaban J connectivity index is 2.28. The highest BCUT2D eigenvalue weighted by Gasteiger charge is 2.17. The maximum atomic E-state index is 9.74. The molecule has 2 aromatic rings. The Kier molecular flexibility index (Phi) is 3.54. The van der Waals surface area contributed by atoms with Crippen molar-refractivity contribution in [3.8, 4) is 11.1 Å². The SMILES string of the molecule is CC(C)(O)CNc1snc(N)c1-c1ccccc1. The van der Waals surface area contributed by atoms with E-state index in [1.165, 1.54) is 11.5 Å². The van der Waals surface area contributed by atoms with Crippen LogP contribution in [0.2, 0.25) is 0 Å². The molecule has 1 aromatic heterocycles. The molecule has 0 amide bonds. The lowest BCUT2D eigenvalue weighted by Crippen LogP contribution is -2.29. The lowest BCUT2D eigenvalue weighted by molar-refractivity contribution is 0.0946. The Labute approximate surface area is 111 Å². The molecule has 4 nitrogen and oxygen atoms in total. The molecule has 0 aliphatic heterocycles. The van der Waals surface area contributed by atoms with Crippen LogP contribution in [-0.2, 0) is 0 Å². The molecule has 2 rings (SSSR count). The lowest BCUT2D eigenvalue weighted by Gasteiger charge is -2.18. The summed E-state index contributed by atoms with van der Waals surface area (Å²) in [6.07, 6.45) is 0. The molecule has 0 bridgehead atoms. The molecule has 0 spiro atoms. The van der Waals surface area contributed by atoms with Crippen molar-refractivity contribution in [1.29, 1.82) is 0 Å². The molecule has 1 aromatic carbocycles. The fourth-order valence-electron chi connectivity index (χ4n) is 1.60. The van der Waals surface area contributed by atoms with Crippen LogP contribution in [0.3, 0.4) is 0 Å². The number of hydrogen-bond donors (Lipinski definition) is 3. The van der Waals surface area contributed by atoms with Gasteiger partial charge in [-0.2, -0.15) is 4.37 Å². The van der Waals surface area contributed by atoms with Gasteiger partial charge in [-0.3, -0.25) is 0 Å². The molecule has 96 valence electrons. The summed E-state index contributed by atoms with van der Waals surface area (Å²) in [4.78, 5) is 0. The van der Waals surface area contributed by atoms with Crippen LogP contribution in [0.4, 0.5) is 10.8 Å². The average Bonchev–Trinajstić information content (AvgIpc) is 2.68. The van der Waals surface area contributed by atoms with E-state index in [-0.39, 0.29) is 0 Å². The highest BCUT2D eigenvalue weighted by atomic mass is 32.1. The van der Waals surface area contributed by atoms with Crippen LogP contribution in [-0.4, -0.2) is 21.6 Å². The van der Waals surface area contributed by atoms with Gasteiger partial charge < -0.3 is 16.2 Å². The monoisotopic (exact) mass is 263 g/mol. The fourth-order valence-corrected chi connectivity index (χ4v) is 2.33. The highest BCUT2D eigenvalue weighted by molar-refractivity contribution is 7.11. The van der Waals surface area contributed by atoms with Crippen molar-refractivity contribution in [1.82, 2.24) is 4.37 Å². The van der Waals surface area contributed by atoms with Gasteiger partial charge in [-0.15, -0.1) is 0 Å². The van der Waals surface area contributed by atoms with E-state index in [9.17, 15) is 5.11 Å². The predicted octanol–water partition coefficient (Wildman–Crippen LogP) is 2.58. The van der Waals surface area contributed by atoms with Crippen LogP contribution in [0.1, 0.15) is 13.8 Å². The molecule has 0 aliphatic rings. The van der Waals surface area contributed by atoms with E-state index in [4.69, 9.17) is 5.73 Å². The summed E-state index contributed by atoms with van der Waals surface area (Å²) in [5.41, 5.74) is 7.08. The topological polar surface area (TPSA) is 71.2 Å². The minimum atomic E-state index is -0.771. The van der Waals surface area contributed by atoms with Gasteiger partial charge in [0.05, 0.1) is 11.2 Å². The zero-order chi connectivity index (χ0) is 13.2. The first-order valence-corrected chi connectivity index (χ1v) is 6.51. The van der Waals surface area contributed by atoms with E-state index < -0.39 is 5.60 Å². The van der Waals surface area contributed by atoms with E-state index in [2.05, 4.69) is 9.69 Å². The molecule has 0 fully saturated rings. The summed E-state index contributed by atoms with van der Waals surface area (Å²) in [6.45, 7) is 3.97.